The molecular weight excluding hydrogens is 415 g/mol. The van der Waals surface area contributed by atoms with Crippen molar-refractivity contribution in [2.75, 3.05) is 11.4 Å². The highest BCUT2D eigenvalue weighted by Gasteiger charge is 2.26. The Bertz CT molecular complexity index is 1250. The smallest absolute Gasteiger partial charge is 0.258 e. The number of hydrogen-bond donors (Lipinski definition) is 1. The first-order chi connectivity index (χ1) is 14.7. The van der Waals surface area contributed by atoms with E-state index in [2.05, 4.69) is 4.72 Å². The van der Waals surface area contributed by atoms with E-state index in [0.717, 1.165) is 34.9 Å². The van der Waals surface area contributed by atoms with Gasteiger partial charge < -0.3 is 4.90 Å². The molecule has 0 saturated carbocycles. The van der Waals surface area contributed by atoms with Gasteiger partial charge in [-0.2, -0.15) is 0 Å². The molecule has 160 valence electrons. The summed E-state index contributed by atoms with van der Waals surface area (Å²) in [5.74, 6) is -0.680. The highest BCUT2D eigenvalue weighted by atomic mass is 32.2. The van der Waals surface area contributed by atoms with Gasteiger partial charge in [-0.05, 0) is 67.3 Å². The molecule has 7 heteroatoms. The van der Waals surface area contributed by atoms with E-state index in [-0.39, 0.29) is 17.3 Å². The number of amides is 1. The molecule has 1 N–H and O–H groups in total. The van der Waals surface area contributed by atoms with Crippen LogP contribution >= 0.6 is 0 Å². The molecule has 5 nitrogen and oxygen atoms in total. The number of carbonyl (C=O) groups is 1. The number of carbonyl (C=O) groups excluding carboxylic acids is 1. The number of fused-ring (bicyclic) bond motifs is 1. The number of aryl methyl sites for hydroxylation is 2. The normalized spacial score (nSPS) is 13.3. The lowest BCUT2D eigenvalue weighted by Gasteiger charge is -2.18. The Hall–Kier alpha value is -3.03. The van der Waals surface area contributed by atoms with E-state index in [1.54, 1.807) is 11.8 Å². The van der Waals surface area contributed by atoms with Gasteiger partial charge in [-0.25, -0.2) is 17.5 Å². The SMILES string of the molecule is Cc1ccc(C(=O)N2CCc3ccc(CNS(=O)(=O)c4cc(F)ccc4C)cc32)cc1. The third-order valence-corrected chi connectivity index (χ3v) is 7.04. The van der Waals surface area contributed by atoms with Gasteiger partial charge >= 0.3 is 0 Å². The van der Waals surface area contributed by atoms with Crippen LogP contribution in [0.4, 0.5) is 10.1 Å². The number of nitrogens with one attached hydrogen (secondary N) is 1. The van der Waals surface area contributed by atoms with Gasteiger partial charge in [0.05, 0.1) is 4.90 Å². The Kier molecular flexibility index (Phi) is 5.64. The van der Waals surface area contributed by atoms with Crippen LogP contribution in [-0.4, -0.2) is 20.9 Å². The topological polar surface area (TPSA) is 66.5 Å². The van der Waals surface area contributed by atoms with E-state index in [9.17, 15) is 17.6 Å². The van der Waals surface area contributed by atoms with Crippen molar-refractivity contribution in [3.63, 3.8) is 0 Å². The lowest BCUT2D eigenvalue weighted by Crippen LogP contribution is -2.29. The lowest BCUT2D eigenvalue weighted by molar-refractivity contribution is 0.0989. The fourth-order valence-electron chi connectivity index (χ4n) is 3.72. The predicted octanol–water partition coefficient (Wildman–Crippen LogP) is 4.12. The molecule has 0 spiro atoms. The minimum atomic E-state index is -3.87. The van der Waals surface area contributed by atoms with E-state index in [4.69, 9.17) is 0 Å². The highest BCUT2D eigenvalue weighted by Crippen LogP contribution is 2.30. The van der Waals surface area contributed by atoms with Crippen LogP contribution in [0.25, 0.3) is 0 Å². The number of sulfonamides is 1. The van der Waals surface area contributed by atoms with E-state index in [0.29, 0.717) is 17.7 Å². The van der Waals surface area contributed by atoms with Crippen molar-refractivity contribution in [1.82, 2.24) is 4.72 Å². The van der Waals surface area contributed by atoms with Gasteiger partial charge in [-0.15, -0.1) is 0 Å². The van der Waals surface area contributed by atoms with Gasteiger partial charge in [-0.1, -0.05) is 35.9 Å². The maximum atomic E-state index is 13.5. The lowest BCUT2D eigenvalue weighted by atomic mass is 10.1. The van der Waals surface area contributed by atoms with Crippen molar-refractivity contribution in [3.8, 4) is 0 Å². The van der Waals surface area contributed by atoms with Crippen LogP contribution in [0.3, 0.4) is 0 Å². The van der Waals surface area contributed by atoms with Crippen molar-refractivity contribution >= 4 is 21.6 Å². The minimum Gasteiger partial charge on any atom is -0.308 e. The second-order valence-corrected chi connectivity index (χ2v) is 9.51. The molecule has 1 aliphatic rings. The monoisotopic (exact) mass is 438 g/mol. The average Bonchev–Trinajstić information content (AvgIpc) is 3.17. The zero-order chi connectivity index (χ0) is 22.2. The molecule has 3 aromatic carbocycles. The summed E-state index contributed by atoms with van der Waals surface area (Å²) in [5.41, 5.74) is 4.74. The van der Waals surface area contributed by atoms with Crippen LogP contribution in [-0.2, 0) is 23.0 Å². The molecule has 0 aliphatic carbocycles. The van der Waals surface area contributed by atoms with Gasteiger partial charge in [0, 0.05) is 24.3 Å². The Morgan fingerprint density at radius 2 is 1.77 bits per heavy atom. The van der Waals surface area contributed by atoms with Crippen molar-refractivity contribution in [2.45, 2.75) is 31.7 Å². The Balaban J connectivity index is 1.54. The van der Waals surface area contributed by atoms with E-state index >= 15 is 0 Å². The maximum Gasteiger partial charge on any atom is 0.258 e. The zero-order valence-corrected chi connectivity index (χ0v) is 18.2. The number of halogens is 1. The number of hydrogen-bond acceptors (Lipinski definition) is 3. The van der Waals surface area contributed by atoms with Crippen molar-refractivity contribution in [3.05, 3.63) is 94.3 Å². The van der Waals surface area contributed by atoms with E-state index in [1.807, 2.05) is 49.4 Å². The van der Waals surface area contributed by atoms with Gasteiger partial charge in [-0.3, -0.25) is 4.79 Å². The average molecular weight is 439 g/mol. The summed E-state index contributed by atoms with van der Waals surface area (Å²) in [4.78, 5) is 14.6. The molecule has 0 unspecified atom stereocenters. The molecule has 0 aromatic heterocycles. The van der Waals surface area contributed by atoms with Gasteiger partial charge in [0.2, 0.25) is 10.0 Å². The fourth-order valence-corrected chi connectivity index (χ4v) is 4.99. The molecule has 0 atom stereocenters. The van der Waals surface area contributed by atoms with Gasteiger partial charge in [0.25, 0.3) is 5.91 Å². The standard InChI is InChI=1S/C24H23FN2O3S/c1-16-3-7-20(8-4-16)24(28)27-12-11-19-9-6-18(13-22(19)27)15-26-31(29,30)23-14-21(25)10-5-17(23)2/h3-10,13-14,26H,11-12,15H2,1-2H3. The number of rotatable bonds is 5. The van der Waals surface area contributed by atoms with Crippen LogP contribution in [0.2, 0.25) is 0 Å². The first kappa shape index (κ1) is 21.2. The third-order valence-electron chi connectivity index (χ3n) is 5.49. The molecule has 31 heavy (non-hydrogen) atoms. The maximum absolute atomic E-state index is 13.5. The molecule has 0 radical (unpaired) electrons. The van der Waals surface area contributed by atoms with Crippen LogP contribution in [0.1, 0.15) is 32.6 Å². The Morgan fingerprint density at radius 1 is 1.03 bits per heavy atom. The van der Waals surface area contributed by atoms with Crippen LogP contribution < -0.4 is 9.62 Å². The summed E-state index contributed by atoms with van der Waals surface area (Å²) in [5, 5.41) is 0. The molecule has 1 heterocycles. The first-order valence-electron chi connectivity index (χ1n) is 10.0. The van der Waals surface area contributed by atoms with Crippen molar-refractivity contribution in [2.24, 2.45) is 0 Å². The van der Waals surface area contributed by atoms with Crippen LogP contribution in [0.15, 0.2) is 65.6 Å². The molecule has 3 aromatic rings. The van der Waals surface area contributed by atoms with Crippen molar-refractivity contribution in [1.29, 1.82) is 0 Å². The first-order valence-corrected chi connectivity index (χ1v) is 11.5. The molecule has 0 saturated heterocycles. The Morgan fingerprint density at radius 3 is 2.52 bits per heavy atom. The van der Waals surface area contributed by atoms with Crippen LogP contribution in [0.5, 0.6) is 0 Å². The summed E-state index contributed by atoms with van der Waals surface area (Å²) in [6, 6.07) is 16.7. The zero-order valence-electron chi connectivity index (χ0n) is 17.4. The van der Waals surface area contributed by atoms with E-state index in [1.165, 1.54) is 12.1 Å². The van der Waals surface area contributed by atoms with Gasteiger partial charge in [0.1, 0.15) is 5.82 Å². The predicted molar refractivity (Wildman–Crippen MR) is 118 cm³/mol. The highest BCUT2D eigenvalue weighted by molar-refractivity contribution is 7.89. The molecular formula is C24H23FN2O3S. The second-order valence-electron chi connectivity index (χ2n) is 7.77. The summed E-state index contributed by atoms with van der Waals surface area (Å²) in [6.45, 7) is 4.22. The van der Waals surface area contributed by atoms with Gasteiger partial charge in [0.15, 0.2) is 0 Å². The summed E-state index contributed by atoms with van der Waals surface area (Å²) < 4.78 is 41.4. The number of benzene rings is 3. The van der Waals surface area contributed by atoms with E-state index < -0.39 is 15.8 Å². The molecule has 1 aliphatic heterocycles. The quantitative estimate of drug-likeness (QED) is 0.652. The summed E-state index contributed by atoms with van der Waals surface area (Å²) in [6.07, 6.45) is 0.751. The number of nitrogens with zero attached hydrogens (tertiary/aromatic N) is 1. The Labute approximate surface area is 181 Å². The summed E-state index contributed by atoms with van der Waals surface area (Å²) in [7, 11) is -3.87. The second kappa shape index (κ2) is 8.24. The molecule has 0 fully saturated rings. The minimum absolute atomic E-state index is 0.0398. The number of anilines is 1. The molecule has 4 rings (SSSR count). The molecule has 1 amide bonds. The third kappa shape index (κ3) is 4.38. The summed E-state index contributed by atoms with van der Waals surface area (Å²) >= 11 is 0. The largest absolute Gasteiger partial charge is 0.308 e. The fraction of sp³-hybridized carbons (Fsp3) is 0.208. The van der Waals surface area contributed by atoms with Crippen molar-refractivity contribution < 1.29 is 17.6 Å². The van der Waals surface area contributed by atoms with Crippen LogP contribution in [0, 0.1) is 19.7 Å². The molecule has 0 bridgehead atoms.